The Labute approximate surface area is 173 Å². The van der Waals surface area contributed by atoms with Crippen molar-refractivity contribution in [3.63, 3.8) is 0 Å². The molecular weight excluding hydrogens is 367 g/mol. The molecule has 0 aromatic heterocycles. The fourth-order valence-electron chi connectivity index (χ4n) is 2.64. The van der Waals surface area contributed by atoms with E-state index in [0.29, 0.717) is 6.61 Å². The topological polar surface area (TPSA) is 36.9 Å². The summed E-state index contributed by atoms with van der Waals surface area (Å²) in [6.45, 7) is 21.2. The zero-order chi connectivity index (χ0) is 21.2. The Morgan fingerprint density at radius 1 is 0.893 bits per heavy atom. The molecule has 1 aromatic carbocycles. The molecule has 1 aliphatic rings. The van der Waals surface area contributed by atoms with Crippen molar-refractivity contribution in [1.29, 1.82) is 0 Å². The number of rotatable bonds is 8. The largest absolute Gasteiger partial charge is 0.494 e. The first-order valence-corrected chi connectivity index (χ1v) is 13.4. The van der Waals surface area contributed by atoms with E-state index in [-0.39, 0.29) is 23.4 Å². The van der Waals surface area contributed by atoms with Gasteiger partial charge in [-0.05, 0) is 76.3 Å². The summed E-state index contributed by atoms with van der Waals surface area (Å²) in [4.78, 5) is 0. The highest BCUT2D eigenvalue weighted by molar-refractivity contribution is 6.74. The summed E-state index contributed by atoms with van der Waals surface area (Å²) in [5.41, 5.74) is 0.382. The zero-order valence-electron chi connectivity index (χ0n) is 19.3. The average molecular weight is 406 g/mol. The highest BCUT2D eigenvalue weighted by Gasteiger charge is 2.51. The van der Waals surface area contributed by atoms with Crippen LogP contribution < -0.4 is 10.2 Å². The second-order valence-electron chi connectivity index (χ2n) is 10.3. The van der Waals surface area contributed by atoms with Gasteiger partial charge in [0.25, 0.3) is 0 Å². The Balaban J connectivity index is 1.73. The third-order valence-electron chi connectivity index (χ3n) is 6.48. The highest BCUT2D eigenvalue weighted by atomic mass is 28.4. The van der Waals surface area contributed by atoms with Crippen molar-refractivity contribution in [2.75, 3.05) is 13.2 Å². The van der Waals surface area contributed by atoms with Gasteiger partial charge in [-0.3, -0.25) is 0 Å². The lowest BCUT2D eigenvalue weighted by Crippen LogP contribution is -2.41. The van der Waals surface area contributed by atoms with Gasteiger partial charge in [0.1, 0.15) is 5.75 Å². The maximum atomic E-state index is 6.21. The molecule has 2 rings (SSSR count). The predicted octanol–water partition coefficient (Wildman–Crippen LogP) is 5.17. The smallest absolute Gasteiger partial charge is 0.494 e. The van der Waals surface area contributed by atoms with Gasteiger partial charge in [-0.15, -0.1) is 0 Å². The van der Waals surface area contributed by atoms with Gasteiger partial charge in [0.2, 0.25) is 0 Å². The van der Waals surface area contributed by atoms with Crippen LogP contribution in [0.4, 0.5) is 0 Å². The minimum absolute atomic E-state index is 0.266. The van der Waals surface area contributed by atoms with Crippen LogP contribution in [0.25, 0.3) is 0 Å². The van der Waals surface area contributed by atoms with Crippen LogP contribution >= 0.6 is 0 Å². The lowest BCUT2D eigenvalue weighted by Gasteiger charge is -2.36. The molecule has 6 heteroatoms. The molecule has 0 amide bonds. The van der Waals surface area contributed by atoms with Crippen molar-refractivity contribution in [1.82, 2.24) is 0 Å². The molecule has 1 heterocycles. The Kier molecular flexibility index (Phi) is 7.13. The second kappa shape index (κ2) is 8.51. The quantitative estimate of drug-likeness (QED) is 0.441. The third-order valence-corrected chi connectivity index (χ3v) is 11.0. The molecule has 0 bridgehead atoms. The summed E-state index contributed by atoms with van der Waals surface area (Å²) >= 11 is 0. The van der Waals surface area contributed by atoms with Gasteiger partial charge in [0.15, 0.2) is 8.32 Å². The molecular formula is C22H39BO4Si. The SMILES string of the molecule is CC1(C)OB(c2ccc(OCCCCO[Si](C)(C)C(C)(C)C)cc2)OC1(C)C. The van der Waals surface area contributed by atoms with E-state index in [0.717, 1.165) is 30.7 Å². The minimum Gasteiger partial charge on any atom is -0.494 e. The predicted molar refractivity (Wildman–Crippen MR) is 120 cm³/mol. The number of unbranched alkanes of at least 4 members (excludes halogenated alkanes) is 1. The van der Waals surface area contributed by atoms with Crippen molar-refractivity contribution in [2.45, 2.75) is 90.6 Å². The van der Waals surface area contributed by atoms with Gasteiger partial charge in [0.05, 0.1) is 17.8 Å². The molecule has 0 saturated carbocycles. The molecule has 4 nitrogen and oxygen atoms in total. The number of hydrogen-bond acceptors (Lipinski definition) is 4. The molecule has 0 unspecified atom stereocenters. The van der Waals surface area contributed by atoms with Gasteiger partial charge in [-0.25, -0.2) is 0 Å². The average Bonchev–Trinajstić information content (AvgIpc) is 2.78. The zero-order valence-corrected chi connectivity index (χ0v) is 20.3. The highest BCUT2D eigenvalue weighted by Crippen LogP contribution is 2.37. The lowest BCUT2D eigenvalue weighted by atomic mass is 9.79. The maximum absolute atomic E-state index is 6.21. The molecule has 0 radical (unpaired) electrons. The number of hydrogen-bond donors (Lipinski definition) is 0. The molecule has 158 valence electrons. The minimum atomic E-state index is -1.63. The Hall–Kier alpha value is -0.818. The summed E-state index contributed by atoms with van der Waals surface area (Å²) in [7, 11) is -1.96. The van der Waals surface area contributed by atoms with Gasteiger partial charge in [0, 0.05) is 6.61 Å². The van der Waals surface area contributed by atoms with Gasteiger partial charge >= 0.3 is 7.12 Å². The Morgan fingerprint density at radius 2 is 1.39 bits per heavy atom. The van der Waals surface area contributed by atoms with Crippen molar-refractivity contribution in [2.24, 2.45) is 0 Å². The van der Waals surface area contributed by atoms with Crippen LogP contribution in [-0.4, -0.2) is 39.9 Å². The Morgan fingerprint density at radius 3 is 1.89 bits per heavy atom. The van der Waals surface area contributed by atoms with Gasteiger partial charge in [-0.2, -0.15) is 0 Å². The van der Waals surface area contributed by atoms with Crippen LogP contribution in [0.15, 0.2) is 24.3 Å². The van der Waals surface area contributed by atoms with Crippen molar-refractivity contribution in [3.05, 3.63) is 24.3 Å². The van der Waals surface area contributed by atoms with E-state index < -0.39 is 8.32 Å². The van der Waals surface area contributed by atoms with Crippen LogP contribution in [0.1, 0.15) is 61.3 Å². The van der Waals surface area contributed by atoms with E-state index in [9.17, 15) is 0 Å². The number of ether oxygens (including phenoxy) is 1. The molecule has 1 fully saturated rings. The maximum Gasteiger partial charge on any atom is 0.494 e. The van der Waals surface area contributed by atoms with E-state index in [4.69, 9.17) is 18.5 Å². The van der Waals surface area contributed by atoms with Crippen LogP contribution in [0.2, 0.25) is 18.1 Å². The van der Waals surface area contributed by atoms with Crippen LogP contribution in [0.3, 0.4) is 0 Å². The van der Waals surface area contributed by atoms with E-state index >= 15 is 0 Å². The van der Waals surface area contributed by atoms with E-state index in [1.165, 1.54) is 0 Å². The summed E-state index contributed by atoms with van der Waals surface area (Å²) in [6, 6.07) is 8.04. The molecule has 28 heavy (non-hydrogen) atoms. The third kappa shape index (κ3) is 5.62. The molecule has 0 atom stereocenters. The van der Waals surface area contributed by atoms with E-state index in [1.807, 2.05) is 24.3 Å². The van der Waals surface area contributed by atoms with Crippen LogP contribution in [0.5, 0.6) is 5.75 Å². The van der Waals surface area contributed by atoms with Gasteiger partial charge < -0.3 is 18.5 Å². The first kappa shape index (κ1) is 23.5. The fourth-order valence-corrected chi connectivity index (χ4v) is 3.73. The molecule has 1 aliphatic heterocycles. The normalized spacial score (nSPS) is 19.1. The second-order valence-corrected chi connectivity index (χ2v) is 15.1. The summed E-state index contributed by atoms with van der Waals surface area (Å²) in [5.74, 6) is 0.880. The lowest BCUT2D eigenvalue weighted by molar-refractivity contribution is 0.00578. The summed E-state index contributed by atoms with van der Waals surface area (Å²) in [5, 5.41) is 0.266. The molecule has 0 spiro atoms. The molecule has 0 N–H and O–H groups in total. The number of benzene rings is 1. The van der Waals surface area contributed by atoms with Crippen molar-refractivity contribution in [3.8, 4) is 5.75 Å². The van der Waals surface area contributed by atoms with Gasteiger partial charge in [-0.1, -0.05) is 32.9 Å². The molecule has 1 aromatic rings. The Bertz CT molecular complexity index is 619. The standard InChI is InChI=1S/C22H39BO4Si/c1-20(2,3)28(8,9)25-17-11-10-16-24-19-14-12-18(13-15-19)23-26-21(4,5)22(6,7)27-23/h12-15H,10-11,16-17H2,1-9H3. The van der Waals surface area contributed by atoms with Crippen LogP contribution in [-0.2, 0) is 13.7 Å². The van der Waals surface area contributed by atoms with Crippen molar-refractivity contribution >= 4 is 20.9 Å². The van der Waals surface area contributed by atoms with E-state index in [1.54, 1.807) is 0 Å². The fraction of sp³-hybridized carbons (Fsp3) is 0.727. The van der Waals surface area contributed by atoms with Crippen molar-refractivity contribution < 1.29 is 18.5 Å². The first-order valence-electron chi connectivity index (χ1n) is 10.5. The van der Waals surface area contributed by atoms with Crippen LogP contribution in [0, 0.1) is 0 Å². The summed E-state index contributed by atoms with van der Waals surface area (Å²) in [6.07, 6.45) is 2.02. The monoisotopic (exact) mass is 406 g/mol. The first-order chi connectivity index (χ1) is 12.8. The van der Waals surface area contributed by atoms with E-state index in [2.05, 4.69) is 61.6 Å². The summed E-state index contributed by atoms with van der Waals surface area (Å²) < 4.78 is 24.3. The molecule has 0 aliphatic carbocycles. The molecule has 1 saturated heterocycles.